The number of amidine groups is 1. The van der Waals surface area contributed by atoms with Gasteiger partial charge in [-0.2, -0.15) is 0 Å². The quantitative estimate of drug-likeness (QED) is 0.458. The van der Waals surface area contributed by atoms with E-state index in [-0.39, 0.29) is 0 Å². The normalized spacial score (nSPS) is 24.0. The third-order valence-corrected chi connectivity index (χ3v) is 2.24. The van der Waals surface area contributed by atoms with Gasteiger partial charge < -0.3 is 5.73 Å². The van der Waals surface area contributed by atoms with E-state index < -0.39 is 0 Å². The highest BCUT2D eigenvalue weighted by atomic mass is 14.9. The maximum Gasteiger partial charge on any atom is 0.0909 e. The van der Waals surface area contributed by atoms with Crippen LogP contribution < -0.4 is 5.73 Å². The molecular formula is C8H16N2. The molecule has 1 atom stereocenters. The van der Waals surface area contributed by atoms with Crippen molar-refractivity contribution < 1.29 is 0 Å². The van der Waals surface area contributed by atoms with Crippen molar-refractivity contribution in [2.75, 3.05) is 0 Å². The minimum atomic E-state index is 0.457. The van der Waals surface area contributed by atoms with Gasteiger partial charge in [0.15, 0.2) is 0 Å². The lowest BCUT2D eigenvalue weighted by Crippen LogP contribution is -2.24. The molecule has 0 aromatic rings. The van der Waals surface area contributed by atoms with Crippen molar-refractivity contribution in [3.8, 4) is 0 Å². The third-order valence-electron chi connectivity index (χ3n) is 2.24. The average molecular weight is 140 g/mol. The van der Waals surface area contributed by atoms with E-state index in [1.807, 2.05) is 6.92 Å². The number of hydrogen-bond donors (Lipinski definition) is 1. The van der Waals surface area contributed by atoms with Crippen LogP contribution in [0.2, 0.25) is 0 Å². The number of hydrogen-bond acceptors (Lipinski definition) is 1. The molecule has 1 aliphatic carbocycles. The summed E-state index contributed by atoms with van der Waals surface area (Å²) in [7, 11) is 0. The Bertz CT molecular complexity index is 132. The lowest BCUT2D eigenvalue weighted by Gasteiger charge is -2.28. The van der Waals surface area contributed by atoms with Gasteiger partial charge in [-0.05, 0) is 32.6 Å². The van der Waals surface area contributed by atoms with Crippen LogP contribution in [0.3, 0.4) is 0 Å². The molecular weight excluding hydrogens is 124 g/mol. The highest BCUT2D eigenvalue weighted by Gasteiger charge is 2.22. The molecule has 2 N–H and O–H groups in total. The van der Waals surface area contributed by atoms with Crippen LogP contribution in [0, 0.1) is 5.92 Å². The Morgan fingerprint density at radius 3 is 2.50 bits per heavy atom. The van der Waals surface area contributed by atoms with Crippen LogP contribution in [0.1, 0.15) is 33.1 Å². The van der Waals surface area contributed by atoms with Gasteiger partial charge >= 0.3 is 0 Å². The third kappa shape index (κ3) is 1.72. The van der Waals surface area contributed by atoms with Crippen LogP contribution in [-0.2, 0) is 0 Å². The van der Waals surface area contributed by atoms with Gasteiger partial charge in [-0.25, -0.2) is 0 Å². The zero-order chi connectivity index (χ0) is 7.56. The zero-order valence-electron chi connectivity index (χ0n) is 6.80. The van der Waals surface area contributed by atoms with Gasteiger partial charge in [0.25, 0.3) is 0 Å². The first-order chi connectivity index (χ1) is 4.70. The van der Waals surface area contributed by atoms with Crippen molar-refractivity contribution in [1.29, 1.82) is 0 Å². The smallest absolute Gasteiger partial charge is 0.0909 e. The SMILES string of the molecule is CC(N)=NC(C)C1CCC1. The Hall–Kier alpha value is -0.530. The topological polar surface area (TPSA) is 38.4 Å². The molecule has 2 heteroatoms. The minimum absolute atomic E-state index is 0.457. The molecule has 1 fully saturated rings. The Morgan fingerprint density at radius 2 is 2.20 bits per heavy atom. The van der Waals surface area contributed by atoms with E-state index in [1.54, 1.807) is 0 Å². The molecule has 1 aliphatic rings. The maximum absolute atomic E-state index is 5.46. The predicted molar refractivity (Wildman–Crippen MR) is 44.1 cm³/mol. The molecule has 58 valence electrons. The number of nitrogens with two attached hydrogens (primary N) is 1. The first-order valence-electron chi connectivity index (χ1n) is 4.00. The second kappa shape index (κ2) is 3.04. The fourth-order valence-electron chi connectivity index (χ4n) is 1.35. The van der Waals surface area contributed by atoms with Crippen LogP contribution in [-0.4, -0.2) is 11.9 Å². The molecule has 0 amide bonds. The predicted octanol–water partition coefficient (Wildman–Crippen LogP) is 1.55. The summed E-state index contributed by atoms with van der Waals surface area (Å²) in [6, 6.07) is 0.457. The Labute approximate surface area is 62.5 Å². The first kappa shape index (κ1) is 7.58. The molecule has 10 heavy (non-hydrogen) atoms. The molecule has 1 saturated carbocycles. The monoisotopic (exact) mass is 140 g/mol. The van der Waals surface area contributed by atoms with E-state index in [0.717, 1.165) is 11.8 Å². The number of aliphatic imine (C=N–C) groups is 1. The van der Waals surface area contributed by atoms with E-state index in [0.29, 0.717) is 6.04 Å². The second-order valence-electron chi connectivity index (χ2n) is 3.20. The Kier molecular flexibility index (Phi) is 2.30. The van der Waals surface area contributed by atoms with Gasteiger partial charge in [-0.3, -0.25) is 4.99 Å². The van der Waals surface area contributed by atoms with Crippen LogP contribution in [0.4, 0.5) is 0 Å². The first-order valence-corrected chi connectivity index (χ1v) is 4.00. The molecule has 0 radical (unpaired) electrons. The minimum Gasteiger partial charge on any atom is -0.388 e. The summed E-state index contributed by atoms with van der Waals surface area (Å²) in [5, 5.41) is 0. The van der Waals surface area contributed by atoms with Gasteiger partial charge in [0.2, 0.25) is 0 Å². The largest absolute Gasteiger partial charge is 0.388 e. The van der Waals surface area contributed by atoms with Crippen LogP contribution in [0.25, 0.3) is 0 Å². The lowest BCUT2D eigenvalue weighted by molar-refractivity contribution is 0.274. The van der Waals surface area contributed by atoms with Crippen molar-refractivity contribution in [2.24, 2.45) is 16.6 Å². The van der Waals surface area contributed by atoms with Crippen LogP contribution in [0.15, 0.2) is 4.99 Å². The molecule has 2 nitrogen and oxygen atoms in total. The van der Waals surface area contributed by atoms with E-state index in [9.17, 15) is 0 Å². The molecule has 1 unspecified atom stereocenters. The summed E-state index contributed by atoms with van der Waals surface area (Å²) < 4.78 is 0. The lowest BCUT2D eigenvalue weighted by atomic mass is 9.81. The summed E-state index contributed by atoms with van der Waals surface area (Å²) in [5.74, 6) is 1.54. The molecule has 0 aliphatic heterocycles. The van der Waals surface area contributed by atoms with Gasteiger partial charge in [-0.1, -0.05) is 6.42 Å². The molecule has 0 spiro atoms. The van der Waals surface area contributed by atoms with Crippen molar-refractivity contribution in [2.45, 2.75) is 39.2 Å². The second-order valence-corrected chi connectivity index (χ2v) is 3.20. The van der Waals surface area contributed by atoms with Gasteiger partial charge in [0, 0.05) is 0 Å². The number of rotatable bonds is 2. The van der Waals surface area contributed by atoms with E-state index in [2.05, 4.69) is 11.9 Å². The highest BCUT2D eigenvalue weighted by Crippen LogP contribution is 2.30. The molecule has 0 aromatic carbocycles. The summed E-state index contributed by atoms with van der Waals surface area (Å²) in [5.41, 5.74) is 5.46. The van der Waals surface area contributed by atoms with Gasteiger partial charge in [0.1, 0.15) is 0 Å². The van der Waals surface area contributed by atoms with Gasteiger partial charge in [0.05, 0.1) is 11.9 Å². The summed E-state index contributed by atoms with van der Waals surface area (Å²) in [6.45, 7) is 4.01. The van der Waals surface area contributed by atoms with Crippen molar-refractivity contribution >= 4 is 5.84 Å². The standard InChI is InChI=1S/C8H16N2/c1-6(10-7(2)9)8-4-3-5-8/h6,8H,3-5H2,1-2H3,(H2,9,10). The highest BCUT2D eigenvalue weighted by molar-refractivity contribution is 5.77. The van der Waals surface area contributed by atoms with Gasteiger partial charge in [-0.15, -0.1) is 0 Å². The van der Waals surface area contributed by atoms with Crippen molar-refractivity contribution in [3.05, 3.63) is 0 Å². The summed E-state index contributed by atoms with van der Waals surface area (Å²) in [6.07, 6.45) is 4.07. The Balaban J connectivity index is 2.33. The van der Waals surface area contributed by atoms with Crippen LogP contribution in [0.5, 0.6) is 0 Å². The number of nitrogens with zero attached hydrogens (tertiary/aromatic N) is 1. The average Bonchev–Trinajstić information content (AvgIpc) is 1.55. The fourth-order valence-corrected chi connectivity index (χ4v) is 1.35. The molecule has 0 heterocycles. The zero-order valence-corrected chi connectivity index (χ0v) is 6.80. The molecule has 0 bridgehead atoms. The molecule has 1 rings (SSSR count). The molecule has 0 saturated heterocycles. The fraction of sp³-hybridized carbons (Fsp3) is 0.875. The van der Waals surface area contributed by atoms with Crippen molar-refractivity contribution in [1.82, 2.24) is 0 Å². The summed E-state index contributed by atoms with van der Waals surface area (Å²) in [4.78, 5) is 4.29. The van der Waals surface area contributed by atoms with E-state index in [1.165, 1.54) is 19.3 Å². The molecule has 0 aromatic heterocycles. The van der Waals surface area contributed by atoms with E-state index in [4.69, 9.17) is 5.73 Å². The van der Waals surface area contributed by atoms with E-state index >= 15 is 0 Å². The van der Waals surface area contributed by atoms with Crippen LogP contribution >= 0.6 is 0 Å². The summed E-state index contributed by atoms with van der Waals surface area (Å²) >= 11 is 0. The Morgan fingerprint density at radius 1 is 1.60 bits per heavy atom. The maximum atomic E-state index is 5.46. The van der Waals surface area contributed by atoms with Crippen molar-refractivity contribution in [3.63, 3.8) is 0 Å².